The standard InChI is InChI=1S/C25H22FNO5S/c1-16(28)17-7-12-22(31-2)18(13-17)14-32-25(30)21-5-3-4-6-23(21)33-15-24(29)27-20-10-8-19(26)9-11-20/h3-13H,14-15H2,1-2H3,(H,27,29). The lowest BCUT2D eigenvalue weighted by Crippen LogP contribution is -2.14. The van der Waals surface area contributed by atoms with Gasteiger partial charge in [0.2, 0.25) is 5.91 Å². The summed E-state index contributed by atoms with van der Waals surface area (Å²) in [6.45, 7) is 1.38. The number of carbonyl (C=O) groups is 3. The van der Waals surface area contributed by atoms with E-state index in [0.29, 0.717) is 33.0 Å². The Hall–Kier alpha value is -3.65. The van der Waals surface area contributed by atoms with Gasteiger partial charge in [-0.15, -0.1) is 11.8 Å². The lowest BCUT2D eigenvalue weighted by molar-refractivity contribution is -0.113. The molecule has 6 nitrogen and oxygen atoms in total. The van der Waals surface area contributed by atoms with Gasteiger partial charge in [-0.3, -0.25) is 9.59 Å². The quantitative estimate of drug-likeness (QED) is 0.267. The Morgan fingerprint density at radius 3 is 2.42 bits per heavy atom. The second-order valence-electron chi connectivity index (χ2n) is 7.00. The Kier molecular flexibility index (Phi) is 8.21. The first-order valence-corrected chi connectivity index (χ1v) is 11.0. The van der Waals surface area contributed by atoms with E-state index in [-0.39, 0.29) is 29.9 Å². The normalized spacial score (nSPS) is 10.4. The summed E-state index contributed by atoms with van der Waals surface area (Å²) in [5, 5.41) is 2.68. The molecule has 0 saturated heterocycles. The van der Waals surface area contributed by atoms with E-state index in [1.54, 1.807) is 42.5 Å². The average Bonchev–Trinajstić information content (AvgIpc) is 2.82. The number of Topliss-reactive ketones (excluding diaryl/α,β-unsaturated/α-hetero) is 1. The summed E-state index contributed by atoms with van der Waals surface area (Å²) in [4.78, 5) is 37.2. The van der Waals surface area contributed by atoms with Gasteiger partial charge in [-0.05, 0) is 61.5 Å². The fourth-order valence-corrected chi connectivity index (χ4v) is 3.81. The number of ketones is 1. The van der Waals surface area contributed by atoms with Gasteiger partial charge in [-0.1, -0.05) is 12.1 Å². The summed E-state index contributed by atoms with van der Waals surface area (Å²) in [5.41, 5.74) is 1.86. The van der Waals surface area contributed by atoms with Crippen molar-refractivity contribution in [3.05, 3.63) is 89.2 Å². The molecule has 0 aliphatic heterocycles. The Morgan fingerprint density at radius 2 is 1.73 bits per heavy atom. The lowest BCUT2D eigenvalue weighted by atomic mass is 10.1. The zero-order chi connectivity index (χ0) is 23.8. The Balaban J connectivity index is 1.64. The number of hydrogen-bond acceptors (Lipinski definition) is 6. The van der Waals surface area contributed by atoms with E-state index in [2.05, 4.69) is 5.32 Å². The van der Waals surface area contributed by atoms with Crippen molar-refractivity contribution in [2.75, 3.05) is 18.2 Å². The van der Waals surface area contributed by atoms with Crippen molar-refractivity contribution in [2.45, 2.75) is 18.4 Å². The van der Waals surface area contributed by atoms with Crippen molar-refractivity contribution in [3.63, 3.8) is 0 Å². The molecule has 3 aromatic rings. The van der Waals surface area contributed by atoms with Crippen LogP contribution in [0.3, 0.4) is 0 Å². The number of carbonyl (C=O) groups excluding carboxylic acids is 3. The lowest BCUT2D eigenvalue weighted by Gasteiger charge is -2.12. The summed E-state index contributed by atoms with van der Waals surface area (Å²) >= 11 is 1.19. The number of halogens is 1. The SMILES string of the molecule is COc1ccc(C(C)=O)cc1COC(=O)c1ccccc1SCC(=O)Nc1ccc(F)cc1. The molecule has 0 bridgehead atoms. The number of ether oxygens (including phenoxy) is 2. The van der Waals surface area contributed by atoms with Gasteiger partial charge in [0.15, 0.2) is 5.78 Å². The molecule has 0 radical (unpaired) electrons. The summed E-state index contributed by atoms with van der Waals surface area (Å²) < 4.78 is 23.8. The molecule has 170 valence electrons. The third-order valence-corrected chi connectivity index (χ3v) is 5.71. The van der Waals surface area contributed by atoms with Crippen LogP contribution in [-0.2, 0) is 16.1 Å². The highest BCUT2D eigenvalue weighted by molar-refractivity contribution is 8.00. The first kappa shape index (κ1) is 24.0. The van der Waals surface area contributed by atoms with Gasteiger partial charge >= 0.3 is 5.97 Å². The van der Waals surface area contributed by atoms with Crippen LogP contribution in [0.5, 0.6) is 5.75 Å². The maximum Gasteiger partial charge on any atom is 0.339 e. The van der Waals surface area contributed by atoms with Crippen LogP contribution in [0.4, 0.5) is 10.1 Å². The van der Waals surface area contributed by atoms with Gasteiger partial charge in [-0.2, -0.15) is 0 Å². The molecule has 1 N–H and O–H groups in total. The minimum Gasteiger partial charge on any atom is -0.496 e. The third-order valence-electron chi connectivity index (χ3n) is 4.64. The number of rotatable bonds is 9. The Morgan fingerprint density at radius 1 is 1.00 bits per heavy atom. The summed E-state index contributed by atoms with van der Waals surface area (Å²) in [5.74, 6) is -0.789. The zero-order valence-corrected chi connectivity index (χ0v) is 18.9. The predicted octanol–water partition coefficient (Wildman–Crippen LogP) is 5.12. The zero-order valence-electron chi connectivity index (χ0n) is 18.1. The minimum absolute atomic E-state index is 0.0517. The van der Waals surface area contributed by atoms with Crippen molar-refractivity contribution in [3.8, 4) is 5.75 Å². The van der Waals surface area contributed by atoms with E-state index in [9.17, 15) is 18.8 Å². The van der Waals surface area contributed by atoms with Gasteiger partial charge in [0, 0.05) is 21.7 Å². The molecule has 0 aliphatic rings. The Bertz CT molecular complexity index is 1160. The molecular formula is C25H22FNO5S. The number of esters is 1. The fraction of sp³-hybridized carbons (Fsp3) is 0.160. The number of benzene rings is 3. The minimum atomic E-state index is -0.563. The molecule has 0 atom stereocenters. The maximum absolute atomic E-state index is 13.0. The molecule has 8 heteroatoms. The molecule has 0 fully saturated rings. The van der Waals surface area contributed by atoms with Crippen LogP contribution in [0.15, 0.2) is 71.6 Å². The molecule has 0 aliphatic carbocycles. The van der Waals surface area contributed by atoms with Crippen molar-refractivity contribution in [1.82, 2.24) is 0 Å². The number of hydrogen-bond donors (Lipinski definition) is 1. The maximum atomic E-state index is 13.0. The van der Waals surface area contributed by atoms with Crippen LogP contribution < -0.4 is 10.1 Å². The van der Waals surface area contributed by atoms with E-state index in [4.69, 9.17) is 9.47 Å². The second kappa shape index (κ2) is 11.3. The molecule has 3 rings (SSSR count). The topological polar surface area (TPSA) is 81.7 Å². The highest BCUT2D eigenvalue weighted by Gasteiger charge is 2.16. The first-order valence-electron chi connectivity index (χ1n) is 9.99. The van der Waals surface area contributed by atoms with Crippen LogP contribution in [0.25, 0.3) is 0 Å². The van der Waals surface area contributed by atoms with E-state index < -0.39 is 5.97 Å². The van der Waals surface area contributed by atoms with Crippen LogP contribution >= 0.6 is 11.8 Å². The fourth-order valence-electron chi connectivity index (χ4n) is 2.97. The molecule has 1 amide bonds. The van der Waals surface area contributed by atoms with E-state index in [1.807, 2.05) is 0 Å². The van der Waals surface area contributed by atoms with E-state index in [1.165, 1.54) is 50.1 Å². The summed E-state index contributed by atoms with van der Waals surface area (Å²) in [6, 6.07) is 17.2. The van der Waals surface area contributed by atoms with Crippen LogP contribution in [0, 0.1) is 5.82 Å². The molecule has 0 heterocycles. The molecule has 0 saturated carbocycles. The summed E-state index contributed by atoms with van der Waals surface area (Å²) in [6.07, 6.45) is 0. The largest absolute Gasteiger partial charge is 0.496 e. The molecule has 0 spiro atoms. The smallest absolute Gasteiger partial charge is 0.339 e. The number of nitrogens with one attached hydrogen (secondary N) is 1. The Labute approximate surface area is 195 Å². The third kappa shape index (κ3) is 6.66. The van der Waals surface area contributed by atoms with Gasteiger partial charge in [0.05, 0.1) is 18.4 Å². The molecule has 0 unspecified atom stereocenters. The first-order chi connectivity index (χ1) is 15.9. The van der Waals surface area contributed by atoms with Crippen molar-refractivity contribution in [1.29, 1.82) is 0 Å². The van der Waals surface area contributed by atoms with Crippen LogP contribution in [-0.4, -0.2) is 30.5 Å². The second-order valence-corrected chi connectivity index (χ2v) is 8.02. The van der Waals surface area contributed by atoms with E-state index in [0.717, 1.165) is 0 Å². The predicted molar refractivity (Wildman–Crippen MR) is 124 cm³/mol. The number of thioether (sulfide) groups is 1. The van der Waals surface area contributed by atoms with Crippen molar-refractivity contribution < 1.29 is 28.2 Å². The van der Waals surface area contributed by atoms with E-state index >= 15 is 0 Å². The van der Waals surface area contributed by atoms with Gasteiger partial charge in [0.25, 0.3) is 0 Å². The van der Waals surface area contributed by atoms with Crippen LogP contribution in [0.1, 0.15) is 33.2 Å². The number of methoxy groups -OCH3 is 1. The van der Waals surface area contributed by atoms with Gasteiger partial charge < -0.3 is 14.8 Å². The van der Waals surface area contributed by atoms with Gasteiger partial charge in [-0.25, -0.2) is 9.18 Å². The summed E-state index contributed by atoms with van der Waals surface area (Å²) in [7, 11) is 1.50. The molecule has 33 heavy (non-hydrogen) atoms. The van der Waals surface area contributed by atoms with Crippen molar-refractivity contribution in [2.24, 2.45) is 0 Å². The molecule has 0 aromatic heterocycles. The molecular weight excluding hydrogens is 445 g/mol. The number of amides is 1. The number of anilines is 1. The van der Waals surface area contributed by atoms with Crippen LogP contribution in [0.2, 0.25) is 0 Å². The highest BCUT2D eigenvalue weighted by Crippen LogP contribution is 2.26. The van der Waals surface area contributed by atoms with Crippen molar-refractivity contribution >= 4 is 35.1 Å². The monoisotopic (exact) mass is 467 g/mol. The average molecular weight is 468 g/mol. The molecule has 3 aromatic carbocycles. The van der Waals surface area contributed by atoms with Gasteiger partial charge in [0.1, 0.15) is 18.2 Å². The highest BCUT2D eigenvalue weighted by atomic mass is 32.2.